The lowest BCUT2D eigenvalue weighted by Crippen LogP contribution is -2.24. The molecule has 0 fully saturated rings. The van der Waals surface area contributed by atoms with Crippen LogP contribution in [0.5, 0.6) is 17.2 Å². The zero-order valence-electron chi connectivity index (χ0n) is 13.5. The van der Waals surface area contributed by atoms with Crippen LogP contribution in [0.4, 0.5) is 5.69 Å². The van der Waals surface area contributed by atoms with Gasteiger partial charge >= 0.3 is 0 Å². The number of nitrogens with one attached hydrogen (secondary N) is 1. The fraction of sp³-hybridized carbons (Fsp3) is 0.125. The summed E-state index contributed by atoms with van der Waals surface area (Å²) in [5.74, 6) is -0.333. The van der Waals surface area contributed by atoms with Gasteiger partial charge in [-0.3, -0.25) is 14.9 Å². The van der Waals surface area contributed by atoms with Crippen molar-refractivity contribution >= 4 is 29.4 Å². The molecule has 0 atom stereocenters. The van der Waals surface area contributed by atoms with Crippen LogP contribution < -0.4 is 20.0 Å². The van der Waals surface area contributed by atoms with Crippen molar-refractivity contribution < 1.29 is 24.3 Å². The van der Waals surface area contributed by atoms with Gasteiger partial charge in [0.15, 0.2) is 6.61 Å². The first-order valence-corrected chi connectivity index (χ1v) is 7.52. The van der Waals surface area contributed by atoms with Gasteiger partial charge in [0.05, 0.1) is 18.2 Å². The maximum Gasteiger partial charge on any atom is 0.277 e. The number of benzene rings is 2. The maximum absolute atomic E-state index is 11.9. The van der Waals surface area contributed by atoms with Gasteiger partial charge in [0, 0.05) is 11.1 Å². The Morgan fingerprint density at radius 3 is 2.58 bits per heavy atom. The zero-order valence-corrected chi connectivity index (χ0v) is 14.2. The minimum atomic E-state index is -0.855. The maximum atomic E-state index is 11.9. The van der Waals surface area contributed by atoms with Gasteiger partial charge in [-0.05, 0) is 41.6 Å². The first kappa shape index (κ1) is 19.0. The number of nitro groups is 1. The van der Waals surface area contributed by atoms with Gasteiger partial charge < -0.3 is 14.6 Å². The summed E-state index contributed by atoms with van der Waals surface area (Å²) in [6.07, 6.45) is 0.979. The second-order valence-corrected chi connectivity index (χ2v) is 5.29. The molecule has 0 saturated carbocycles. The van der Waals surface area contributed by atoms with Crippen molar-refractivity contribution in [3.63, 3.8) is 0 Å². The Bertz CT molecular complexity index is 839. The first-order chi connectivity index (χ1) is 12.4. The molecule has 1 N–H and O–H groups in total. The number of carbonyl (C=O) groups excluding carboxylic acids is 1. The second-order valence-electron chi connectivity index (χ2n) is 4.86. The quantitative estimate of drug-likeness (QED) is 0.445. The van der Waals surface area contributed by atoms with E-state index < -0.39 is 22.3 Å². The average molecular weight is 379 g/mol. The number of hydrazone groups is 1. The number of hydrogen-bond donors (Lipinski definition) is 1. The molecule has 26 heavy (non-hydrogen) atoms. The van der Waals surface area contributed by atoms with Crippen molar-refractivity contribution in [3.8, 4) is 17.2 Å². The van der Waals surface area contributed by atoms with E-state index >= 15 is 0 Å². The third kappa shape index (κ3) is 5.08. The lowest BCUT2D eigenvalue weighted by Gasteiger charge is -2.10. The van der Waals surface area contributed by atoms with E-state index in [1.54, 1.807) is 24.3 Å². The number of methoxy groups -OCH3 is 1. The Hall–Kier alpha value is -3.33. The van der Waals surface area contributed by atoms with Crippen LogP contribution in [0.25, 0.3) is 0 Å². The summed E-state index contributed by atoms with van der Waals surface area (Å²) in [4.78, 5) is 21.6. The molecule has 10 heteroatoms. The third-order valence-electron chi connectivity index (χ3n) is 3.08. The fourth-order valence-electron chi connectivity index (χ4n) is 1.86. The number of carbonyl (C=O) groups is 1. The highest BCUT2D eigenvalue weighted by molar-refractivity contribution is 6.31. The zero-order chi connectivity index (χ0) is 19.1. The van der Waals surface area contributed by atoms with Gasteiger partial charge in [-0.25, -0.2) is 5.43 Å². The predicted octanol–water partition coefficient (Wildman–Crippen LogP) is 1.86. The van der Waals surface area contributed by atoms with Crippen molar-refractivity contribution in [2.45, 2.75) is 0 Å². The van der Waals surface area contributed by atoms with E-state index in [4.69, 9.17) is 21.1 Å². The minimum Gasteiger partial charge on any atom is -0.867 e. The Kier molecular flexibility index (Phi) is 6.34. The predicted molar refractivity (Wildman–Crippen MR) is 91.8 cm³/mol. The van der Waals surface area contributed by atoms with Gasteiger partial charge in [-0.2, -0.15) is 5.10 Å². The number of rotatable bonds is 7. The van der Waals surface area contributed by atoms with Crippen molar-refractivity contribution in [2.24, 2.45) is 5.10 Å². The van der Waals surface area contributed by atoms with E-state index in [-0.39, 0.29) is 17.2 Å². The molecule has 0 aromatic heterocycles. The van der Waals surface area contributed by atoms with Gasteiger partial charge in [0.25, 0.3) is 11.6 Å². The Morgan fingerprint density at radius 2 is 1.96 bits per heavy atom. The molecule has 2 rings (SSSR count). The van der Waals surface area contributed by atoms with Crippen LogP contribution in [-0.4, -0.2) is 30.8 Å². The van der Waals surface area contributed by atoms with E-state index in [9.17, 15) is 20.0 Å². The van der Waals surface area contributed by atoms with Gasteiger partial charge in [0.2, 0.25) is 0 Å². The molecule has 1 amide bonds. The molecule has 0 unspecified atom stereocenters. The van der Waals surface area contributed by atoms with E-state index in [1.165, 1.54) is 13.2 Å². The van der Waals surface area contributed by atoms with Gasteiger partial charge in [-0.15, -0.1) is 0 Å². The number of nitrogens with zero attached hydrogens (tertiary/aromatic N) is 2. The number of nitro benzene ring substituents is 1. The summed E-state index contributed by atoms with van der Waals surface area (Å²) < 4.78 is 10.2. The SMILES string of the molecule is COc1ccc(OCC(=O)N/N=C\c2cc(Cl)cc([N+](=O)[O-])c2[O-])cc1. The summed E-state index contributed by atoms with van der Waals surface area (Å²) in [7, 11) is 1.53. The van der Waals surface area contributed by atoms with E-state index in [2.05, 4.69) is 10.5 Å². The standard InChI is InChI=1S/C16H14ClN3O6/c1-25-12-2-4-13(5-3-12)26-9-15(21)19-18-8-10-6-11(17)7-14(16(10)22)20(23)24/h2-8,22H,9H2,1H3,(H,19,21)/p-1/b18-8-. The number of halogens is 1. The lowest BCUT2D eigenvalue weighted by molar-refractivity contribution is -0.398. The van der Waals surface area contributed by atoms with Crippen LogP contribution in [0.1, 0.15) is 5.56 Å². The molecule has 9 nitrogen and oxygen atoms in total. The summed E-state index contributed by atoms with van der Waals surface area (Å²) in [6, 6.07) is 8.76. The molecule has 0 aliphatic rings. The molecule has 0 radical (unpaired) electrons. The third-order valence-corrected chi connectivity index (χ3v) is 3.30. The topological polar surface area (TPSA) is 126 Å². The Labute approximate surface area is 153 Å². The largest absolute Gasteiger partial charge is 0.867 e. The van der Waals surface area contributed by atoms with Crippen molar-refractivity contribution in [2.75, 3.05) is 13.7 Å². The molecule has 0 heterocycles. The Balaban J connectivity index is 1.93. The number of hydrogen-bond acceptors (Lipinski definition) is 7. The van der Waals surface area contributed by atoms with Crippen LogP contribution in [0.15, 0.2) is 41.5 Å². The molecule has 136 valence electrons. The average Bonchev–Trinajstić information content (AvgIpc) is 2.62. The normalized spacial score (nSPS) is 10.5. The monoisotopic (exact) mass is 378 g/mol. The molecule has 0 saturated heterocycles. The number of amides is 1. The van der Waals surface area contributed by atoms with Crippen LogP contribution in [0.3, 0.4) is 0 Å². The number of ether oxygens (including phenoxy) is 2. The van der Waals surface area contributed by atoms with Crippen LogP contribution in [0, 0.1) is 10.1 Å². The van der Waals surface area contributed by atoms with Gasteiger partial charge in [-0.1, -0.05) is 11.6 Å². The van der Waals surface area contributed by atoms with Crippen molar-refractivity contribution in [1.82, 2.24) is 5.43 Å². The molecule has 2 aromatic carbocycles. The fourth-order valence-corrected chi connectivity index (χ4v) is 2.08. The summed E-state index contributed by atoms with van der Waals surface area (Å²) in [6.45, 7) is -0.316. The molecular weight excluding hydrogens is 366 g/mol. The lowest BCUT2D eigenvalue weighted by atomic mass is 10.2. The Morgan fingerprint density at radius 1 is 1.31 bits per heavy atom. The minimum absolute atomic E-state index is 0.00640. The van der Waals surface area contributed by atoms with E-state index in [0.717, 1.165) is 12.3 Å². The summed E-state index contributed by atoms with van der Waals surface area (Å²) in [5, 5.41) is 26.2. The first-order valence-electron chi connectivity index (χ1n) is 7.14. The molecule has 0 spiro atoms. The molecule has 2 aromatic rings. The van der Waals surface area contributed by atoms with Crippen LogP contribution >= 0.6 is 11.6 Å². The summed E-state index contributed by atoms with van der Waals surface area (Å²) >= 11 is 5.73. The van der Waals surface area contributed by atoms with Crippen LogP contribution in [0.2, 0.25) is 5.02 Å². The highest BCUT2D eigenvalue weighted by Crippen LogP contribution is 2.29. The highest BCUT2D eigenvalue weighted by Gasteiger charge is 2.11. The smallest absolute Gasteiger partial charge is 0.277 e. The van der Waals surface area contributed by atoms with Gasteiger partial charge in [0.1, 0.15) is 11.5 Å². The molecule has 0 aliphatic carbocycles. The van der Waals surface area contributed by atoms with Crippen molar-refractivity contribution in [3.05, 3.63) is 57.1 Å². The second kappa shape index (κ2) is 8.67. The van der Waals surface area contributed by atoms with E-state index in [1.807, 2.05) is 0 Å². The molecule has 0 bridgehead atoms. The summed E-state index contributed by atoms with van der Waals surface area (Å²) in [5.41, 5.74) is 1.35. The van der Waals surface area contributed by atoms with Crippen LogP contribution in [-0.2, 0) is 4.79 Å². The molecule has 0 aliphatic heterocycles. The van der Waals surface area contributed by atoms with Crippen molar-refractivity contribution in [1.29, 1.82) is 0 Å². The molecular formula is C16H13ClN3O6-. The highest BCUT2D eigenvalue weighted by atomic mass is 35.5. The van der Waals surface area contributed by atoms with E-state index in [0.29, 0.717) is 11.5 Å².